The minimum Gasteiger partial charge on any atom is -0.294 e. The number of nitrogens with zero attached hydrogens (tertiary/aromatic N) is 1. The third kappa shape index (κ3) is 2.86. The summed E-state index contributed by atoms with van der Waals surface area (Å²) in [6.07, 6.45) is -0.459. The third-order valence-electron chi connectivity index (χ3n) is 0.890. The maximum absolute atomic E-state index is 10.6. The maximum atomic E-state index is 10.6. The van der Waals surface area contributed by atoms with E-state index in [-0.39, 0.29) is 5.57 Å². The van der Waals surface area contributed by atoms with Crippen LogP contribution < -0.4 is 0 Å². The summed E-state index contributed by atoms with van der Waals surface area (Å²) in [5.41, 5.74) is 0.261. The molecule has 0 atom stereocenters. The standard InChI is InChI=1S/C6H7NO3/c1-4(2)5(8)3-6(9)7-10/h1,3H2,2H3. The average Bonchev–Trinajstić information content (AvgIpc) is 1.87. The van der Waals surface area contributed by atoms with Gasteiger partial charge in [-0.1, -0.05) is 6.58 Å². The normalized spacial score (nSPS) is 8.50. The number of ketones is 1. The topological polar surface area (TPSA) is 63.6 Å². The van der Waals surface area contributed by atoms with Crippen molar-refractivity contribution < 1.29 is 9.59 Å². The summed E-state index contributed by atoms with van der Waals surface area (Å²) in [7, 11) is 0. The van der Waals surface area contributed by atoms with Crippen LogP contribution in [0.4, 0.5) is 0 Å². The van der Waals surface area contributed by atoms with E-state index in [1.807, 2.05) is 0 Å². The van der Waals surface area contributed by atoms with Crippen LogP contribution in [0.15, 0.2) is 17.3 Å². The SMILES string of the molecule is C=C(C)C(=O)CC(=O)N=O. The van der Waals surface area contributed by atoms with Crippen molar-refractivity contribution in [3.8, 4) is 0 Å². The van der Waals surface area contributed by atoms with Crippen molar-refractivity contribution in [1.29, 1.82) is 0 Å². The number of nitroso groups, excluding NO2 is 1. The molecular formula is C6H7NO3. The van der Waals surface area contributed by atoms with Crippen molar-refractivity contribution in [2.75, 3.05) is 0 Å². The first-order valence-corrected chi connectivity index (χ1v) is 2.63. The second-order valence-electron chi connectivity index (χ2n) is 1.87. The zero-order chi connectivity index (χ0) is 8.15. The van der Waals surface area contributed by atoms with Crippen LogP contribution in [0.2, 0.25) is 0 Å². The summed E-state index contributed by atoms with van der Waals surface area (Å²) in [6.45, 7) is 4.77. The molecule has 0 rings (SSSR count). The van der Waals surface area contributed by atoms with Gasteiger partial charge in [-0.2, -0.15) is 0 Å². The Balaban J connectivity index is 3.92. The number of amides is 1. The van der Waals surface area contributed by atoms with E-state index >= 15 is 0 Å². The number of allylic oxidation sites excluding steroid dienone is 1. The molecule has 0 radical (unpaired) electrons. The molecule has 10 heavy (non-hydrogen) atoms. The lowest BCUT2D eigenvalue weighted by Gasteiger charge is -1.90. The highest BCUT2D eigenvalue weighted by molar-refractivity contribution is 6.06. The molecule has 0 aliphatic carbocycles. The molecule has 0 aromatic rings. The Morgan fingerprint density at radius 2 is 2.00 bits per heavy atom. The zero-order valence-electron chi connectivity index (χ0n) is 5.59. The van der Waals surface area contributed by atoms with Crippen molar-refractivity contribution >= 4 is 11.7 Å². The molecule has 0 unspecified atom stereocenters. The van der Waals surface area contributed by atoms with Gasteiger partial charge in [0.15, 0.2) is 5.78 Å². The summed E-state index contributed by atoms with van der Waals surface area (Å²) in [5.74, 6) is -1.39. The highest BCUT2D eigenvalue weighted by Gasteiger charge is 2.08. The number of hydrogen-bond acceptors (Lipinski definition) is 3. The molecule has 0 heterocycles. The Morgan fingerprint density at radius 1 is 1.50 bits per heavy atom. The van der Waals surface area contributed by atoms with Crippen LogP contribution in [0.3, 0.4) is 0 Å². The first-order valence-electron chi connectivity index (χ1n) is 2.63. The van der Waals surface area contributed by atoms with E-state index in [0.717, 1.165) is 0 Å². The van der Waals surface area contributed by atoms with Crippen molar-refractivity contribution in [3.05, 3.63) is 17.1 Å². The van der Waals surface area contributed by atoms with Gasteiger partial charge in [-0.15, -0.1) is 4.91 Å². The number of Topliss-reactive ketones (excluding diaryl/α,β-unsaturated/α-hetero) is 1. The Bertz CT molecular complexity index is 195. The van der Waals surface area contributed by atoms with E-state index in [9.17, 15) is 14.5 Å². The van der Waals surface area contributed by atoms with Crippen LogP contribution in [0.25, 0.3) is 0 Å². The van der Waals surface area contributed by atoms with Crippen molar-refractivity contribution in [2.24, 2.45) is 5.18 Å². The van der Waals surface area contributed by atoms with Gasteiger partial charge in [-0.05, 0) is 12.5 Å². The first kappa shape index (κ1) is 8.68. The molecule has 0 saturated carbocycles. The van der Waals surface area contributed by atoms with Gasteiger partial charge >= 0.3 is 0 Å². The largest absolute Gasteiger partial charge is 0.294 e. The lowest BCUT2D eigenvalue weighted by molar-refractivity contribution is -0.124. The second-order valence-corrected chi connectivity index (χ2v) is 1.87. The van der Waals surface area contributed by atoms with E-state index < -0.39 is 18.1 Å². The minimum absolute atomic E-state index is 0.261. The Labute approximate surface area is 57.9 Å². The second kappa shape index (κ2) is 3.66. The van der Waals surface area contributed by atoms with Crippen LogP contribution in [-0.2, 0) is 9.59 Å². The molecule has 0 N–H and O–H groups in total. The first-order chi connectivity index (χ1) is 4.57. The monoisotopic (exact) mass is 141 g/mol. The molecule has 1 amide bonds. The van der Waals surface area contributed by atoms with E-state index in [2.05, 4.69) is 11.8 Å². The summed E-state index contributed by atoms with van der Waals surface area (Å²) in [5, 5.41) is 2.06. The predicted octanol–water partition coefficient (Wildman–Crippen LogP) is 0.815. The van der Waals surface area contributed by atoms with Crippen molar-refractivity contribution in [1.82, 2.24) is 0 Å². The highest BCUT2D eigenvalue weighted by Crippen LogP contribution is 1.95. The molecular weight excluding hydrogens is 134 g/mol. The minimum atomic E-state index is -0.951. The number of hydrogen-bond donors (Lipinski definition) is 0. The molecule has 0 saturated heterocycles. The quantitative estimate of drug-likeness (QED) is 0.332. The third-order valence-corrected chi connectivity index (χ3v) is 0.890. The van der Waals surface area contributed by atoms with E-state index in [4.69, 9.17) is 0 Å². The average molecular weight is 141 g/mol. The van der Waals surface area contributed by atoms with Gasteiger partial charge in [-0.3, -0.25) is 9.59 Å². The van der Waals surface area contributed by atoms with Gasteiger partial charge in [0.1, 0.15) is 0 Å². The van der Waals surface area contributed by atoms with Crippen LogP contribution >= 0.6 is 0 Å². The molecule has 54 valence electrons. The summed E-state index contributed by atoms with van der Waals surface area (Å²) in [6, 6.07) is 0. The Morgan fingerprint density at radius 3 is 2.30 bits per heavy atom. The molecule has 0 bridgehead atoms. The van der Waals surface area contributed by atoms with Gasteiger partial charge in [0.2, 0.25) is 0 Å². The zero-order valence-corrected chi connectivity index (χ0v) is 5.59. The number of rotatable bonds is 3. The Kier molecular flexibility index (Phi) is 3.17. The van der Waals surface area contributed by atoms with Gasteiger partial charge in [0.25, 0.3) is 5.91 Å². The fraction of sp³-hybridized carbons (Fsp3) is 0.333. The highest BCUT2D eigenvalue weighted by atomic mass is 16.3. The maximum Gasteiger partial charge on any atom is 0.294 e. The van der Waals surface area contributed by atoms with Crippen LogP contribution in [0.1, 0.15) is 13.3 Å². The fourth-order valence-electron chi connectivity index (χ4n) is 0.321. The number of carbonyl (C=O) groups excluding carboxylic acids is 2. The van der Waals surface area contributed by atoms with E-state index in [1.54, 1.807) is 0 Å². The molecule has 4 nitrogen and oxygen atoms in total. The summed E-state index contributed by atoms with van der Waals surface area (Å²) < 4.78 is 0. The van der Waals surface area contributed by atoms with Gasteiger partial charge in [0, 0.05) is 5.18 Å². The van der Waals surface area contributed by atoms with Crippen LogP contribution in [-0.4, -0.2) is 11.7 Å². The fourth-order valence-corrected chi connectivity index (χ4v) is 0.321. The molecule has 0 spiro atoms. The molecule has 0 aliphatic rings. The van der Waals surface area contributed by atoms with Crippen molar-refractivity contribution in [2.45, 2.75) is 13.3 Å². The summed E-state index contributed by atoms with van der Waals surface area (Å²) >= 11 is 0. The smallest absolute Gasteiger partial charge is 0.294 e. The van der Waals surface area contributed by atoms with Gasteiger partial charge in [-0.25, -0.2) is 0 Å². The summed E-state index contributed by atoms with van der Waals surface area (Å²) in [4.78, 5) is 30.3. The van der Waals surface area contributed by atoms with Crippen LogP contribution in [0, 0.1) is 4.91 Å². The molecule has 0 aromatic carbocycles. The van der Waals surface area contributed by atoms with E-state index in [0.29, 0.717) is 0 Å². The molecule has 0 aromatic heterocycles. The lowest BCUT2D eigenvalue weighted by Crippen LogP contribution is -2.04. The van der Waals surface area contributed by atoms with Gasteiger partial charge < -0.3 is 0 Å². The van der Waals surface area contributed by atoms with Gasteiger partial charge in [0.05, 0.1) is 6.42 Å². The molecule has 4 heteroatoms. The molecule has 0 fully saturated rings. The van der Waals surface area contributed by atoms with E-state index in [1.165, 1.54) is 6.92 Å². The predicted molar refractivity (Wildman–Crippen MR) is 35.2 cm³/mol. The Hall–Kier alpha value is -1.32. The van der Waals surface area contributed by atoms with Crippen molar-refractivity contribution in [3.63, 3.8) is 0 Å². The lowest BCUT2D eigenvalue weighted by atomic mass is 10.1. The number of carbonyl (C=O) groups is 2. The van der Waals surface area contributed by atoms with Crippen LogP contribution in [0.5, 0.6) is 0 Å². The molecule has 0 aliphatic heterocycles.